The van der Waals surface area contributed by atoms with Crippen LogP contribution in [0.1, 0.15) is 66.7 Å². The maximum atomic E-state index is 3.65. The van der Waals surface area contributed by atoms with Crippen LogP contribution in [0.25, 0.3) is 0 Å². The molecule has 0 amide bonds. The van der Waals surface area contributed by atoms with Crippen LogP contribution in [-0.4, -0.2) is 37.6 Å². The summed E-state index contributed by atoms with van der Waals surface area (Å²) in [6.45, 7) is 17.8. The molecule has 2 heteroatoms. The van der Waals surface area contributed by atoms with Gasteiger partial charge in [-0.05, 0) is 43.2 Å². The molecule has 0 aromatic rings. The molecule has 0 radical (unpaired) electrons. The minimum atomic E-state index is 0.525. The second-order valence-electron chi connectivity index (χ2n) is 7.32. The topological polar surface area (TPSA) is 15.3 Å². The summed E-state index contributed by atoms with van der Waals surface area (Å²) in [5.41, 5.74) is 0.525. The fourth-order valence-electron chi connectivity index (χ4n) is 3.87. The first kappa shape index (κ1) is 18.0. The van der Waals surface area contributed by atoms with E-state index in [1.807, 2.05) is 0 Å². The summed E-state index contributed by atoms with van der Waals surface area (Å²) in [5, 5.41) is 3.65. The van der Waals surface area contributed by atoms with Crippen molar-refractivity contribution in [1.29, 1.82) is 0 Å². The van der Waals surface area contributed by atoms with Crippen LogP contribution < -0.4 is 5.32 Å². The van der Waals surface area contributed by atoms with E-state index in [1.54, 1.807) is 0 Å². The van der Waals surface area contributed by atoms with Crippen molar-refractivity contribution in [2.45, 2.75) is 66.7 Å². The number of hydrogen-bond donors (Lipinski definition) is 1. The molecule has 0 bridgehead atoms. The molecule has 120 valence electrons. The Balaban J connectivity index is 2.66. The predicted octanol–water partition coefficient (Wildman–Crippen LogP) is 4.16. The molecule has 1 N–H and O–H groups in total. The van der Waals surface area contributed by atoms with Gasteiger partial charge in [-0.2, -0.15) is 0 Å². The number of hydrogen-bond acceptors (Lipinski definition) is 2. The third-order valence-electron chi connectivity index (χ3n) is 5.21. The van der Waals surface area contributed by atoms with Crippen molar-refractivity contribution in [3.8, 4) is 0 Å². The highest BCUT2D eigenvalue weighted by Crippen LogP contribution is 2.39. The second-order valence-corrected chi connectivity index (χ2v) is 7.32. The van der Waals surface area contributed by atoms with Crippen LogP contribution in [0, 0.1) is 17.3 Å². The molecule has 0 aromatic heterocycles. The van der Waals surface area contributed by atoms with Crippen LogP contribution >= 0.6 is 0 Å². The van der Waals surface area contributed by atoms with Gasteiger partial charge in [0.2, 0.25) is 0 Å². The Morgan fingerprint density at radius 3 is 2.60 bits per heavy atom. The van der Waals surface area contributed by atoms with E-state index in [2.05, 4.69) is 44.8 Å². The van der Waals surface area contributed by atoms with E-state index >= 15 is 0 Å². The minimum Gasteiger partial charge on any atom is -0.316 e. The highest BCUT2D eigenvalue weighted by molar-refractivity contribution is 4.90. The Morgan fingerprint density at radius 2 is 2.05 bits per heavy atom. The Hall–Kier alpha value is -0.0800. The smallest absolute Gasteiger partial charge is 0.00502 e. The monoisotopic (exact) mass is 282 g/mol. The average molecular weight is 283 g/mol. The van der Waals surface area contributed by atoms with Crippen LogP contribution in [0.2, 0.25) is 0 Å². The summed E-state index contributed by atoms with van der Waals surface area (Å²) in [5.74, 6) is 1.73. The van der Waals surface area contributed by atoms with Crippen molar-refractivity contribution in [2.75, 3.05) is 32.7 Å². The van der Waals surface area contributed by atoms with Gasteiger partial charge in [0.1, 0.15) is 0 Å². The van der Waals surface area contributed by atoms with Crippen molar-refractivity contribution in [1.82, 2.24) is 10.2 Å². The van der Waals surface area contributed by atoms with E-state index in [1.165, 1.54) is 58.3 Å². The quantitative estimate of drug-likeness (QED) is 0.683. The SMILES string of the molecule is CCNCC1(CN(CC)CC(C)CC)CCCC(C)C1. The second kappa shape index (κ2) is 9.04. The third-order valence-corrected chi connectivity index (χ3v) is 5.21. The predicted molar refractivity (Wildman–Crippen MR) is 90.2 cm³/mol. The molecular formula is C18H38N2. The summed E-state index contributed by atoms with van der Waals surface area (Å²) < 4.78 is 0. The van der Waals surface area contributed by atoms with Gasteiger partial charge in [-0.1, -0.05) is 53.9 Å². The van der Waals surface area contributed by atoms with Crippen LogP contribution in [0.15, 0.2) is 0 Å². The van der Waals surface area contributed by atoms with Gasteiger partial charge in [-0.25, -0.2) is 0 Å². The molecule has 1 aliphatic carbocycles. The minimum absolute atomic E-state index is 0.525. The normalized spacial score (nSPS) is 28.8. The van der Waals surface area contributed by atoms with Crippen molar-refractivity contribution in [3.05, 3.63) is 0 Å². The van der Waals surface area contributed by atoms with Gasteiger partial charge in [0.25, 0.3) is 0 Å². The number of nitrogens with zero attached hydrogens (tertiary/aromatic N) is 1. The zero-order valence-electron chi connectivity index (χ0n) is 14.7. The van der Waals surface area contributed by atoms with Crippen LogP contribution in [0.3, 0.4) is 0 Å². The average Bonchev–Trinajstić information content (AvgIpc) is 2.44. The maximum absolute atomic E-state index is 3.65. The molecule has 2 nitrogen and oxygen atoms in total. The van der Waals surface area contributed by atoms with Gasteiger partial charge in [0, 0.05) is 19.6 Å². The van der Waals surface area contributed by atoms with E-state index in [-0.39, 0.29) is 0 Å². The Morgan fingerprint density at radius 1 is 1.30 bits per heavy atom. The summed E-state index contributed by atoms with van der Waals surface area (Å²) >= 11 is 0. The molecule has 0 spiro atoms. The summed E-state index contributed by atoms with van der Waals surface area (Å²) in [7, 11) is 0. The van der Waals surface area contributed by atoms with E-state index in [4.69, 9.17) is 0 Å². The van der Waals surface area contributed by atoms with E-state index < -0.39 is 0 Å². The molecule has 1 fully saturated rings. The lowest BCUT2D eigenvalue weighted by molar-refractivity contribution is 0.0758. The maximum Gasteiger partial charge on any atom is 0.00502 e. The molecule has 0 aliphatic heterocycles. The lowest BCUT2D eigenvalue weighted by Gasteiger charge is -2.44. The first-order valence-corrected chi connectivity index (χ1v) is 8.98. The lowest BCUT2D eigenvalue weighted by Crippen LogP contribution is -2.47. The highest BCUT2D eigenvalue weighted by atomic mass is 15.1. The number of rotatable bonds is 9. The van der Waals surface area contributed by atoms with Gasteiger partial charge < -0.3 is 10.2 Å². The molecule has 0 aromatic carbocycles. The molecule has 1 saturated carbocycles. The van der Waals surface area contributed by atoms with Crippen molar-refractivity contribution < 1.29 is 0 Å². The molecule has 0 heterocycles. The van der Waals surface area contributed by atoms with Crippen molar-refractivity contribution >= 4 is 0 Å². The molecule has 20 heavy (non-hydrogen) atoms. The van der Waals surface area contributed by atoms with Gasteiger partial charge in [-0.15, -0.1) is 0 Å². The Bertz CT molecular complexity index is 254. The first-order chi connectivity index (χ1) is 9.55. The molecular weight excluding hydrogens is 244 g/mol. The van der Waals surface area contributed by atoms with E-state index in [0.717, 1.165) is 18.4 Å². The Kier molecular flexibility index (Phi) is 8.13. The fourth-order valence-corrected chi connectivity index (χ4v) is 3.87. The third kappa shape index (κ3) is 5.73. The van der Waals surface area contributed by atoms with Gasteiger partial charge in [0.05, 0.1) is 0 Å². The van der Waals surface area contributed by atoms with E-state index in [0.29, 0.717) is 5.41 Å². The fraction of sp³-hybridized carbons (Fsp3) is 1.00. The summed E-state index contributed by atoms with van der Waals surface area (Å²) in [6, 6.07) is 0. The lowest BCUT2D eigenvalue weighted by atomic mass is 9.69. The van der Waals surface area contributed by atoms with Gasteiger partial charge in [-0.3, -0.25) is 0 Å². The standard InChI is InChI=1S/C18H38N2/c1-6-16(4)13-20(8-3)15-18(14-19-7-2)11-9-10-17(5)12-18/h16-17,19H,6-15H2,1-5H3. The summed E-state index contributed by atoms with van der Waals surface area (Å²) in [4.78, 5) is 2.71. The largest absolute Gasteiger partial charge is 0.316 e. The zero-order chi connectivity index (χ0) is 15.0. The van der Waals surface area contributed by atoms with E-state index in [9.17, 15) is 0 Å². The van der Waals surface area contributed by atoms with Crippen LogP contribution in [-0.2, 0) is 0 Å². The van der Waals surface area contributed by atoms with Gasteiger partial charge in [0.15, 0.2) is 0 Å². The van der Waals surface area contributed by atoms with Crippen molar-refractivity contribution in [2.24, 2.45) is 17.3 Å². The molecule has 1 aliphatic rings. The van der Waals surface area contributed by atoms with Crippen LogP contribution in [0.4, 0.5) is 0 Å². The molecule has 0 saturated heterocycles. The van der Waals surface area contributed by atoms with Crippen molar-refractivity contribution in [3.63, 3.8) is 0 Å². The van der Waals surface area contributed by atoms with Gasteiger partial charge >= 0.3 is 0 Å². The molecule has 3 atom stereocenters. The zero-order valence-corrected chi connectivity index (χ0v) is 14.7. The first-order valence-electron chi connectivity index (χ1n) is 8.98. The van der Waals surface area contributed by atoms with Crippen LogP contribution in [0.5, 0.6) is 0 Å². The Labute approximate surface area is 127 Å². The summed E-state index contributed by atoms with van der Waals surface area (Å²) in [6.07, 6.45) is 6.99. The molecule has 1 rings (SSSR count). The molecule has 3 unspecified atom stereocenters. The number of nitrogens with one attached hydrogen (secondary N) is 1. The highest BCUT2D eigenvalue weighted by Gasteiger charge is 2.35.